The van der Waals surface area contributed by atoms with E-state index >= 15 is 0 Å². The summed E-state index contributed by atoms with van der Waals surface area (Å²) in [5, 5.41) is 3.33. The van der Waals surface area contributed by atoms with Gasteiger partial charge in [0.2, 0.25) is 0 Å². The van der Waals surface area contributed by atoms with E-state index in [0.717, 1.165) is 29.8 Å². The van der Waals surface area contributed by atoms with Crippen LogP contribution in [0.1, 0.15) is 12.5 Å². The molecule has 0 radical (unpaired) electrons. The molecule has 0 amide bonds. The number of nitrogens with zero attached hydrogens (tertiary/aromatic N) is 2. The van der Waals surface area contributed by atoms with E-state index in [1.165, 1.54) is 5.56 Å². The normalized spacial score (nSPS) is 11.0. The molecular weight excluding hydrogens is 234 g/mol. The second-order valence-corrected chi connectivity index (χ2v) is 4.55. The number of rotatable bonds is 4. The Balaban J connectivity index is 1.93. The Morgan fingerprint density at radius 2 is 1.84 bits per heavy atom. The van der Waals surface area contributed by atoms with Crippen molar-refractivity contribution in [3.63, 3.8) is 0 Å². The number of imidazole rings is 1. The SMILES string of the molecule is CCNCc1ccc(-n2cnc3ccccc32)cc1. The van der Waals surface area contributed by atoms with Crippen molar-refractivity contribution in [1.29, 1.82) is 0 Å². The molecule has 1 heterocycles. The molecule has 2 aromatic carbocycles. The molecule has 0 aliphatic rings. The van der Waals surface area contributed by atoms with E-state index in [1.54, 1.807) is 0 Å². The zero-order chi connectivity index (χ0) is 13.1. The van der Waals surface area contributed by atoms with Crippen LogP contribution in [0.5, 0.6) is 0 Å². The molecule has 3 aromatic rings. The van der Waals surface area contributed by atoms with Crippen LogP contribution in [0.3, 0.4) is 0 Å². The van der Waals surface area contributed by atoms with Crippen LogP contribution >= 0.6 is 0 Å². The monoisotopic (exact) mass is 251 g/mol. The van der Waals surface area contributed by atoms with Crippen LogP contribution in [0.25, 0.3) is 16.7 Å². The van der Waals surface area contributed by atoms with Gasteiger partial charge in [0.15, 0.2) is 0 Å². The third kappa shape index (κ3) is 2.37. The molecule has 0 bridgehead atoms. The molecule has 1 aromatic heterocycles. The van der Waals surface area contributed by atoms with Crippen molar-refractivity contribution in [2.45, 2.75) is 13.5 Å². The second kappa shape index (κ2) is 5.24. The summed E-state index contributed by atoms with van der Waals surface area (Å²) in [7, 11) is 0. The summed E-state index contributed by atoms with van der Waals surface area (Å²) in [6, 6.07) is 16.8. The third-order valence-electron chi connectivity index (χ3n) is 3.25. The Labute approximate surface area is 112 Å². The van der Waals surface area contributed by atoms with Crippen molar-refractivity contribution >= 4 is 11.0 Å². The van der Waals surface area contributed by atoms with Crippen molar-refractivity contribution in [2.75, 3.05) is 6.54 Å². The molecule has 96 valence electrons. The number of para-hydroxylation sites is 2. The maximum atomic E-state index is 4.42. The molecule has 0 saturated carbocycles. The lowest BCUT2D eigenvalue weighted by atomic mass is 10.2. The average molecular weight is 251 g/mol. The summed E-state index contributed by atoms with van der Waals surface area (Å²) in [5.41, 5.74) is 4.62. The van der Waals surface area contributed by atoms with Crippen molar-refractivity contribution < 1.29 is 0 Å². The van der Waals surface area contributed by atoms with Crippen molar-refractivity contribution in [3.05, 3.63) is 60.4 Å². The Hall–Kier alpha value is -2.13. The van der Waals surface area contributed by atoms with Crippen molar-refractivity contribution in [2.24, 2.45) is 0 Å². The van der Waals surface area contributed by atoms with Gasteiger partial charge in [-0.05, 0) is 36.4 Å². The Morgan fingerprint density at radius 3 is 2.63 bits per heavy atom. The summed E-state index contributed by atoms with van der Waals surface area (Å²) in [6.45, 7) is 4.03. The highest BCUT2D eigenvalue weighted by atomic mass is 15.0. The summed E-state index contributed by atoms with van der Waals surface area (Å²) in [4.78, 5) is 4.42. The number of benzene rings is 2. The smallest absolute Gasteiger partial charge is 0.100 e. The Morgan fingerprint density at radius 1 is 1.05 bits per heavy atom. The van der Waals surface area contributed by atoms with Gasteiger partial charge < -0.3 is 5.32 Å². The fraction of sp³-hybridized carbons (Fsp3) is 0.188. The highest BCUT2D eigenvalue weighted by molar-refractivity contribution is 5.77. The van der Waals surface area contributed by atoms with Crippen LogP contribution in [0.15, 0.2) is 54.9 Å². The molecule has 3 heteroatoms. The van der Waals surface area contributed by atoms with Crippen LogP contribution in [0.2, 0.25) is 0 Å². The molecule has 0 aliphatic heterocycles. The van der Waals surface area contributed by atoms with E-state index in [2.05, 4.69) is 52.1 Å². The van der Waals surface area contributed by atoms with E-state index in [9.17, 15) is 0 Å². The summed E-state index contributed by atoms with van der Waals surface area (Å²) in [5.74, 6) is 0. The third-order valence-corrected chi connectivity index (χ3v) is 3.25. The van der Waals surface area contributed by atoms with Crippen molar-refractivity contribution in [3.8, 4) is 5.69 Å². The molecule has 0 spiro atoms. The first-order valence-electron chi connectivity index (χ1n) is 6.60. The molecule has 0 fully saturated rings. The molecule has 0 unspecified atom stereocenters. The van der Waals surface area contributed by atoms with E-state index in [0.29, 0.717) is 0 Å². The van der Waals surface area contributed by atoms with Gasteiger partial charge in [0.25, 0.3) is 0 Å². The quantitative estimate of drug-likeness (QED) is 0.772. The van der Waals surface area contributed by atoms with Gasteiger partial charge in [0.1, 0.15) is 6.33 Å². The first-order chi connectivity index (χ1) is 9.38. The van der Waals surface area contributed by atoms with Crippen molar-refractivity contribution in [1.82, 2.24) is 14.9 Å². The summed E-state index contributed by atoms with van der Waals surface area (Å²) < 4.78 is 2.12. The standard InChI is InChI=1S/C16H17N3/c1-2-17-11-13-7-9-14(10-8-13)19-12-18-15-5-3-4-6-16(15)19/h3-10,12,17H,2,11H2,1H3. The summed E-state index contributed by atoms with van der Waals surface area (Å²) in [6.07, 6.45) is 1.88. The van der Waals surface area contributed by atoms with Gasteiger partial charge >= 0.3 is 0 Å². The number of hydrogen-bond acceptors (Lipinski definition) is 2. The van der Waals surface area contributed by atoms with Crippen LogP contribution in [0.4, 0.5) is 0 Å². The molecule has 3 nitrogen and oxygen atoms in total. The van der Waals surface area contributed by atoms with E-state index in [1.807, 2.05) is 24.5 Å². The van der Waals surface area contributed by atoms with E-state index in [4.69, 9.17) is 0 Å². The zero-order valence-electron chi connectivity index (χ0n) is 11.0. The average Bonchev–Trinajstić information content (AvgIpc) is 2.90. The Kier molecular flexibility index (Phi) is 3.29. The highest BCUT2D eigenvalue weighted by Gasteiger charge is 2.03. The Bertz CT molecular complexity index is 668. The maximum Gasteiger partial charge on any atom is 0.100 e. The topological polar surface area (TPSA) is 29.9 Å². The van der Waals surface area contributed by atoms with E-state index in [-0.39, 0.29) is 0 Å². The first kappa shape index (κ1) is 11.9. The van der Waals surface area contributed by atoms with Crippen LogP contribution < -0.4 is 5.32 Å². The largest absolute Gasteiger partial charge is 0.313 e. The molecule has 0 saturated heterocycles. The number of aromatic nitrogens is 2. The fourth-order valence-corrected chi connectivity index (χ4v) is 2.21. The number of hydrogen-bond donors (Lipinski definition) is 1. The lowest BCUT2D eigenvalue weighted by Crippen LogP contribution is -2.11. The molecule has 19 heavy (non-hydrogen) atoms. The van der Waals surface area contributed by atoms with Gasteiger partial charge in [0, 0.05) is 12.2 Å². The first-order valence-corrected chi connectivity index (χ1v) is 6.60. The van der Waals surface area contributed by atoms with E-state index < -0.39 is 0 Å². The molecular formula is C16H17N3. The highest BCUT2D eigenvalue weighted by Crippen LogP contribution is 2.18. The fourth-order valence-electron chi connectivity index (χ4n) is 2.21. The molecule has 1 N–H and O–H groups in total. The van der Waals surface area contributed by atoms with Crippen LogP contribution in [0, 0.1) is 0 Å². The lowest BCUT2D eigenvalue weighted by Gasteiger charge is -2.06. The minimum Gasteiger partial charge on any atom is -0.313 e. The van der Waals surface area contributed by atoms with Gasteiger partial charge in [-0.3, -0.25) is 4.57 Å². The van der Waals surface area contributed by atoms with Crippen LogP contribution in [-0.4, -0.2) is 16.1 Å². The predicted octanol–water partition coefficient (Wildman–Crippen LogP) is 3.14. The number of fused-ring (bicyclic) bond motifs is 1. The maximum absolute atomic E-state index is 4.42. The molecule has 3 rings (SSSR count). The summed E-state index contributed by atoms with van der Waals surface area (Å²) >= 11 is 0. The van der Waals surface area contributed by atoms with Gasteiger partial charge in [-0.15, -0.1) is 0 Å². The van der Waals surface area contributed by atoms with Crippen LogP contribution in [-0.2, 0) is 6.54 Å². The second-order valence-electron chi connectivity index (χ2n) is 4.55. The number of nitrogens with one attached hydrogen (secondary N) is 1. The molecule has 0 aliphatic carbocycles. The molecule has 0 atom stereocenters. The predicted molar refractivity (Wildman–Crippen MR) is 78.5 cm³/mol. The van der Waals surface area contributed by atoms with Gasteiger partial charge in [0.05, 0.1) is 11.0 Å². The lowest BCUT2D eigenvalue weighted by molar-refractivity contribution is 0.726. The zero-order valence-corrected chi connectivity index (χ0v) is 11.0. The minimum atomic E-state index is 0.918. The van der Waals surface area contributed by atoms with Gasteiger partial charge in [-0.25, -0.2) is 4.98 Å². The van der Waals surface area contributed by atoms with Gasteiger partial charge in [-0.1, -0.05) is 31.2 Å². The minimum absolute atomic E-state index is 0.918. The van der Waals surface area contributed by atoms with Gasteiger partial charge in [-0.2, -0.15) is 0 Å².